The summed E-state index contributed by atoms with van der Waals surface area (Å²) >= 11 is 0. The van der Waals surface area contributed by atoms with E-state index >= 15 is 0 Å². The van der Waals surface area contributed by atoms with Gasteiger partial charge in [0.05, 0.1) is 0 Å². The zero-order chi connectivity index (χ0) is 18.3. The van der Waals surface area contributed by atoms with Crippen molar-refractivity contribution in [3.63, 3.8) is 0 Å². The lowest BCUT2D eigenvalue weighted by molar-refractivity contribution is 0.365. The third-order valence-corrected chi connectivity index (χ3v) is 5.82. The molecule has 1 rings (SSSR count). The van der Waals surface area contributed by atoms with Gasteiger partial charge in [0.1, 0.15) is 11.5 Å². The minimum Gasteiger partial charge on any atom is -0.508 e. The maximum Gasteiger partial charge on any atom is 0.122 e. The van der Waals surface area contributed by atoms with Gasteiger partial charge in [-0.1, -0.05) is 52.2 Å². The molecule has 2 nitrogen and oxygen atoms in total. The third-order valence-electron chi connectivity index (χ3n) is 5.82. The summed E-state index contributed by atoms with van der Waals surface area (Å²) in [6.07, 6.45) is 8.74. The average molecular weight is 333 g/mol. The number of allylic oxidation sites excluding steroid dienone is 2. The smallest absolute Gasteiger partial charge is 0.122 e. The molecule has 0 spiro atoms. The van der Waals surface area contributed by atoms with E-state index in [1.54, 1.807) is 12.1 Å². The molecule has 0 saturated heterocycles. The molecule has 2 heteroatoms. The van der Waals surface area contributed by atoms with E-state index in [-0.39, 0.29) is 11.2 Å². The quantitative estimate of drug-likeness (QED) is 0.394. The second-order valence-corrected chi connectivity index (χ2v) is 7.29. The Hall–Kier alpha value is -1.44. The highest BCUT2D eigenvalue weighted by atomic mass is 16.3. The number of rotatable bonds is 9. The molecule has 1 aromatic carbocycles. The van der Waals surface area contributed by atoms with Gasteiger partial charge in [-0.3, -0.25) is 0 Å². The van der Waals surface area contributed by atoms with Crippen LogP contribution in [0.5, 0.6) is 11.5 Å². The topological polar surface area (TPSA) is 40.5 Å². The Balaban J connectivity index is 3.14. The Morgan fingerprint density at radius 1 is 1.08 bits per heavy atom. The van der Waals surface area contributed by atoms with Gasteiger partial charge in [0.25, 0.3) is 0 Å². The largest absolute Gasteiger partial charge is 0.508 e. The summed E-state index contributed by atoms with van der Waals surface area (Å²) in [5.74, 6) is 1.34. The molecule has 0 saturated carbocycles. The fourth-order valence-electron chi connectivity index (χ4n) is 3.68. The predicted molar refractivity (Wildman–Crippen MR) is 104 cm³/mol. The second kappa shape index (κ2) is 9.15. The molecule has 2 N–H and O–H groups in total. The molecule has 0 aromatic heterocycles. The van der Waals surface area contributed by atoms with Gasteiger partial charge in [0, 0.05) is 11.0 Å². The van der Waals surface area contributed by atoms with Crippen LogP contribution in [0.1, 0.15) is 84.3 Å². The maximum absolute atomic E-state index is 10.6. The van der Waals surface area contributed by atoms with E-state index in [9.17, 15) is 10.2 Å². The first-order chi connectivity index (χ1) is 11.3. The summed E-state index contributed by atoms with van der Waals surface area (Å²) < 4.78 is 0. The average Bonchev–Trinajstić information content (AvgIpc) is 2.57. The maximum atomic E-state index is 10.6. The van der Waals surface area contributed by atoms with E-state index in [0.29, 0.717) is 5.75 Å². The van der Waals surface area contributed by atoms with Gasteiger partial charge < -0.3 is 10.2 Å². The number of hydrogen-bond donors (Lipinski definition) is 2. The van der Waals surface area contributed by atoms with Crippen molar-refractivity contribution in [1.29, 1.82) is 0 Å². The van der Waals surface area contributed by atoms with Crippen LogP contribution in [0.2, 0.25) is 0 Å². The number of benzene rings is 1. The molecule has 24 heavy (non-hydrogen) atoms. The lowest BCUT2D eigenvalue weighted by atomic mass is 9.72. The first kappa shape index (κ1) is 20.6. The molecule has 0 amide bonds. The zero-order valence-corrected chi connectivity index (χ0v) is 16.4. The van der Waals surface area contributed by atoms with Crippen LogP contribution < -0.4 is 0 Å². The fraction of sp³-hybridized carbons (Fsp3) is 0.636. The van der Waals surface area contributed by atoms with Crippen LogP contribution in [0.3, 0.4) is 0 Å². The molecule has 0 aliphatic carbocycles. The summed E-state index contributed by atoms with van der Waals surface area (Å²) in [6, 6.07) is 3.38. The minimum absolute atomic E-state index is 0.122. The van der Waals surface area contributed by atoms with Gasteiger partial charge in [-0.05, 0) is 63.1 Å². The van der Waals surface area contributed by atoms with Crippen molar-refractivity contribution in [3.05, 3.63) is 34.9 Å². The number of phenols is 2. The Morgan fingerprint density at radius 2 is 1.67 bits per heavy atom. The van der Waals surface area contributed by atoms with E-state index in [2.05, 4.69) is 40.7 Å². The molecule has 1 aromatic rings. The van der Waals surface area contributed by atoms with E-state index in [1.165, 1.54) is 18.4 Å². The number of hydrogen-bond acceptors (Lipinski definition) is 2. The highest BCUT2D eigenvalue weighted by Gasteiger charge is 2.31. The first-order valence-electron chi connectivity index (χ1n) is 9.52. The molecule has 0 bridgehead atoms. The van der Waals surface area contributed by atoms with Crippen LogP contribution in [0, 0.1) is 12.8 Å². The molecule has 0 heterocycles. The van der Waals surface area contributed by atoms with Crippen LogP contribution in [-0.2, 0) is 5.41 Å². The van der Waals surface area contributed by atoms with Crippen molar-refractivity contribution in [2.45, 2.75) is 85.5 Å². The highest BCUT2D eigenvalue weighted by molar-refractivity contribution is 5.49. The Morgan fingerprint density at radius 3 is 2.17 bits per heavy atom. The summed E-state index contributed by atoms with van der Waals surface area (Å²) in [4.78, 5) is 0. The van der Waals surface area contributed by atoms with Gasteiger partial charge in [-0.25, -0.2) is 0 Å². The van der Waals surface area contributed by atoms with Crippen LogP contribution in [0.25, 0.3) is 0 Å². The molecule has 136 valence electrons. The SMILES string of the molecule is CCC(CC)C/C(C)=C/CC(CC)(CC)c1cc(O)cc(C)c1O. The lowest BCUT2D eigenvalue weighted by Gasteiger charge is -2.33. The molecule has 0 aliphatic rings. The van der Waals surface area contributed by atoms with E-state index in [1.807, 2.05) is 6.92 Å². The van der Waals surface area contributed by atoms with Gasteiger partial charge in [-0.15, -0.1) is 0 Å². The highest BCUT2D eigenvalue weighted by Crippen LogP contribution is 2.43. The summed E-state index contributed by atoms with van der Waals surface area (Å²) in [7, 11) is 0. The van der Waals surface area contributed by atoms with Crippen LogP contribution in [0.15, 0.2) is 23.8 Å². The fourth-order valence-corrected chi connectivity index (χ4v) is 3.68. The van der Waals surface area contributed by atoms with Crippen molar-refractivity contribution in [3.8, 4) is 11.5 Å². The number of aromatic hydroxyl groups is 2. The van der Waals surface area contributed by atoms with Crippen molar-refractivity contribution < 1.29 is 10.2 Å². The normalized spacial score (nSPS) is 12.9. The van der Waals surface area contributed by atoms with Crippen LogP contribution in [0.4, 0.5) is 0 Å². The third kappa shape index (κ3) is 4.78. The first-order valence-corrected chi connectivity index (χ1v) is 9.52. The lowest BCUT2D eigenvalue weighted by Crippen LogP contribution is -2.24. The summed E-state index contributed by atoms with van der Waals surface area (Å²) in [5, 5.41) is 20.6. The zero-order valence-electron chi connectivity index (χ0n) is 16.4. The predicted octanol–water partition coefficient (Wildman–Crippen LogP) is 6.63. The second-order valence-electron chi connectivity index (χ2n) is 7.29. The Bertz CT molecular complexity index is 549. The molecular formula is C22H36O2. The minimum atomic E-state index is -0.122. The van der Waals surface area contributed by atoms with E-state index in [4.69, 9.17) is 0 Å². The van der Waals surface area contributed by atoms with Crippen molar-refractivity contribution >= 4 is 0 Å². The van der Waals surface area contributed by atoms with Crippen molar-refractivity contribution in [1.82, 2.24) is 0 Å². The van der Waals surface area contributed by atoms with Gasteiger partial charge in [0.15, 0.2) is 0 Å². The van der Waals surface area contributed by atoms with E-state index in [0.717, 1.165) is 42.7 Å². The molecule has 0 aliphatic heterocycles. The van der Waals surface area contributed by atoms with Gasteiger partial charge in [-0.2, -0.15) is 0 Å². The summed E-state index contributed by atoms with van der Waals surface area (Å²) in [5.41, 5.74) is 2.94. The summed E-state index contributed by atoms with van der Waals surface area (Å²) in [6.45, 7) is 12.9. The molecular weight excluding hydrogens is 296 g/mol. The number of phenolic OH excluding ortho intramolecular Hbond substituents is 2. The standard InChI is InChI=1S/C22H36O2/c1-7-18(8-2)13-16(5)11-12-22(9-3,10-4)20-15-19(23)14-17(6)21(20)24/h11,14-15,18,23-24H,7-10,12-13H2,1-6H3/b16-11+. The van der Waals surface area contributed by atoms with Crippen molar-refractivity contribution in [2.75, 3.05) is 0 Å². The molecule has 0 unspecified atom stereocenters. The Labute approximate surface area is 148 Å². The van der Waals surface area contributed by atoms with Gasteiger partial charge >= 0.3 is 0 Å². The van der Waals surface area contributed by atoms with Crippen molar-refractivity contribution in [2.24, 2.45) is 5.92 Å². The molecule has 0 radical (unpaired) electrons. The van der Waals surface area contributed by atoms with Crippen LogP contribution in [-0.4, -0.2) is 10.2 Å². The molecule has 0 atom stereocenters. The van der Waals surface area contributed by atoms with Crippen LogP contribution >= 0.6 is 0 Å². The Kier molecular flexibility index (Phi) is 7.86. The monoisotopic (exact) mass is 332 g/mol. The van der Waals surface area contributed by atoms with Gasteiger partial charge in [0.2, 0.25) is 0 Å². The number of aryl methyl sites for hydroxylation is 1. The van der Waals surface area contributed by atoms with E-state index < -0.39 is 0 Å². The molecule has 0 fully saturated rings.